The van der Waals surface area contributed by atoms with E-state index < -0.39 is 0 Å². The normalized spacial score (nSPS) is 13.7. The van der Waals surface area contributed by atoms with Gasteiger partial charge in [-0.2, -0.15) is 5.10 Å². The average Bonchev–Trinajstić information content (AvgIpc) is 3.36. The monoisotopic (exact) mass is 363 g/mol. The van der Waals surface area contributed by atoms with Gasteiger partial charge in [0.25, 0.3) is 5.56 Å². The van der Waals surface area contributed by atoms with Gasteiger partial charge in [0.2, 0.25) is 0 Å². The van der Waals surface area contributed by atoms with Gasteiger partial charge in [-0.15, -0.1) is 0 Å². The molecule has 0 radical (unpaired) electrons. The Hall–Kier alpha value is -2.82. The summed E-state index contributed by atoms with van der Waals surface area (Å²) >= 11 is 0. The van der Waals surface area contributed by atoms with E-state index in [0.717, 1.165) is 47.1 Å². The summed E-state index contributed by atoms with van der Waals surface area (Å²) in [6.07, 6.45) is 9.22. The summed E-state index contributed by atoms with van der Waals surface area (Å²) in [5.74, 6) is 1.71. The molecular formula is C22H25N3O2. The minimum atomic E-state index is 0.0189. The van der Waals surface area contributed by atoms with Crippen molar-refractivity contribution in [2.45, 2.75) is 39.7 Å². The molecule has 1 fully saturated rings. The van der Waals surface area contributed by atoms with E-state index in [1.54, 1.807) is 10.6 Å². The average molecular weight is 363 g/mol. The molecule has 0 saturated heterocycles. The summed E-state index contributed by atoms with van der Waals surface area (Å²) in [6.45, 7) is 5.68. The number of ether oxygens (including phenoxy) is 1. The van der Waals surface area contributed by atoms with Crippen LogP contribution in [0.2, 0.25) is 0 Å². The zero-order valence-corrected chi connectivity index (χ0v) is 15.9. The molecule has 2 aromatic heterocycles. The van der Waals surface area contributed by atoms with Crippen LogP contribution in [-0.4, -0.2) is 21.0 Å². The van der Waals surface area contributed by atoms with Gasteiger partial charge in [0.05, 0.1) is 18.5 Å². The largest absolute Gasteiger partial charge is 0.493 e. The van der Waals surface area contributed by atoms with E-state index >= 15 is 0 Å². The fourth-order valence-electron chi connectivity index (χ4n) is 3.17. The van der Waals surface area contributed by atoms with Gasteiger partial charge in [-0.05, 0) is 61.4 Å². The van der Waals surface area contributed by atoms with E-state index in [1.807, 2.05) is 35.4 Å². The summed E-state index contributed by atoms with van der Waals surface area (Å²) in [7, 11) is 0. The zero-order chi connectivity index (χ0) is 18.8. The van der Waals surface area contributed by atoms with Gasteiger partial charge in [0, 0.05) is 30.6 Å². The van der Waals surface area contributed by atoms with Gasteiger partial charge in [-0.3, -0.25) is 4.79 Å². The molecule has 0 bridgehead atoms. The Balaban J connectivity index is 1.56. The molecule has 1 aliphatic carbocycles. The van der Waals surface area contributed by atoms with Crippen LogP contribution in [0.4, 0.5) is 0 Å². The van der Waals surface area contributed by atoms with Crippen molar-refractivity contribution in [2.24, 2.45) is 5.92 Å². The molecule has 3 aromatic rings. The number of pyridine rings is 1. The molecule has 5 nitrogen and oxygen atoms in total. The number of aryl methyl sites for hydroxylation is 2. The molecule has 1 aliphatic rings. The number of benzene rings is 1. The summed E-state index contributed by atoms with van der Waals surface area (Å²) in [5, 5.41) is 4.48. The van der Waals surface area contributed by atoms with Gasteiger partial charge in [-0.1, -0.05) is 13.0 Å². The molecular weight excluding hydrogens is 338 g/mol. The van der Waals surface area contributed by atoms with Crippen LogP contribution < -0.4 is 10.3 Å². The third kappa shape index (κ3) is 3.97. The van der Waals surface area contributed by atoms with E-state index in [-0.39, 0.29) is 5.56 Å². The highest BCUT2D eigenvalue weighted by Crippen LogP contribution is 2.31. The molecule has 0 unspecified atom stereocenters. The molecule has 0 N–H and O–H groups in total. The molecule has 1 saturated carbocycles. The van der Waals surface area contributed by atoms with Crippen LogP contribution in [-0.2, 0) is 6.54 Å². The second-order valence-electron chi connectivity index (χ2n) is 7.33. The van der Waals surface area contributed by atoms with Crippen molar-refractivity contribution in [3.05, 3.63) is 64.8 Å². The van der Waals surface area contributed by atoms with E-state index in [0.29, 0.717) is 6.54 Å². The smallest absolute Gasteiger partial charge is 0.250 e. The standard InChI is InChI=1S/C22H25N3O2/c1-3-10-24-14-20(7-9-22(24)26)25-13-19(12-23-25)18-6-8-21(16(2)11-18)27-15-17-4-5-17/h6-9,11-14,17H,3-5,10,15H2,1-2H3. The van der Waals surface area contributed by atoms with E-state index in [1.165, 1.54) is 12.8 Å². The highest BCUT2D eigenvalue weighted by Gasteiger charge is 2.22. The first kappa shape index (κ1) is 17.6. The Labute approximate surface area is 159 Å². The quantitative estimate of drug-likeness (QED) is 0.632. The van der Waals surface area contributed by atoms with E-state index in [2.05, 4.69) is 31.1 Å². The van der Waals surface area contributed by atoms with Crippen molar-refractivity contribution in [1.29, 1.82) is 0 Å². The maximum Gasteiger partial charge on any atom is 0.250 e. The molecule has 2 heterocycles. The predicted molar refractivity (Wildman–Crippen MR) is 107 cm³/mol. The summed E-state index contributed by atoms with van der Waals surface area (Å²) in [4.78, 5) is 11.9. The minimum Gasteiger partial charge on any atom is -0.493 e. The van der Waals surface area contributed by atoms with Gasteiger partial charge in [-0.25, -0.2) is 4.68 Å². The fraction of sp³-hybridized carbons (Fsp3) is 0.364. The van der Waals surface area contributed by atoms with Gasteiger partial charge in [0.1, 0.15) is 5.75 Å². The lowest BCUT2D eigenvalue weighted by Crippen LogP contribution is -2.19. The number of aromatic nitrogens is 3. The molecule has 5 heteroatoms. The van der Waals surface area contributed by atoms with Gasteiger partial charge < -0.3 is 9.30 Å². The Morgan fingerprint density at radius 1 is 1.15 bits per heavy atom. The summed E-state index contributed by atoms with van der Waals surface area (Å²) < 4.78 is 9.46. The van der Waals surface area contributed by atoms with Gasteiger partial charge >= 0.3 is 0 Å². The summed E-state index contributed by atoms with van der Waals surface area (Å²) in [6, 6.07) is 9.68. The first-order valence-electron chi connectivity index (χ1n) is 9.63. The maximum absolute atomic E-state index is 11.9. The molecule has 0 aliphatic heterocycles. The highest BCUT2D eigenvalue weighted by molar-refractivity contribution is 5.64. The molecule has 0 atom stereocenters. The highest BCUT2D eigenvalue weighted by atomic mass is 16.5. The molecule has 140 valence electrons. The van der Waals surface area contributed by atoms with Crippen LogP contribution in [0.1, 0.15) is 31.7 Å². The van der Waals surface area contributed by atoms with Crippen LogP contribution in [0.15, 0.2) is 53.7 Å². The Morgan fingerprint density at radius 3 is 2.74 bits per heavy atom. The second-order valence-corrected chi connectivity index (χ2v) is 7.33. The first-order valence-corrected chi connectivity index (χ1v) is 9.63. The lowest BCUT2D eigenvalue weighted by Gasteiger charge is -2.10. The molecule has 1 aromatic carbocycles. The van der Waals surface area contributed by atoms with Crippen LogP contribution >= 0.6 is 0 Å². The number of hydrogen-bond donors (Lipinski definition) is 0. The molecule has 27 heavy (non-hydrogen) atoms. The van der Waals surface area contributed by atoms with E-state index in [9.17, 15) is 4.79 Å². The van der Waals surface area contributed by atoms with Crippen molar-refractivity contribution >= 4 is 0 Å². The van der Waals surface area contributed by atoms with E-state index in [4.69, 9.17) is 4.74 Å². The van der Waals surface area contributed by atoms with Crippen LogP contribution in [0, 0.1) is 12.8 Å². The number of nitrogens with zero attached hydrogens (tertiary/aromatic N) is 3. The lowest BCUT2D eigenvalue weighted by atomic mass is 10.1. The van der Waals surface area contributed by atoms with Crippen molar-refractivity contribution < 1.29 is 4.74 Å². The molecule has 0 amide bonds. The summed E-state index contributed by atoms with van der Waals surface area (Å²) in [5.41, 5.74) is 4.19. The van der Waals surface area contributed by atoms with Crippen LogP contribution in [0.3, 0.4) is 0 Å². The molecule has 0 spiro atoms. The van der Waals surface area contributed by atoms with Crippen molar-refractivity contribution in [1.82, 2.24) is 14.3 Å². The first-order chi connectivity index (χ1) is 13.1. The number of rotatable bonds is 7. The third-order valence-electron chi connectivity index (χ3n) is 4.96. The third-order valence-corrected chi connectivity index (χ3v) is 4.96. The maximum atomic E-state index is 11.9. The van der Waals surface area contributed by atoms with Crippen molar-refractivity contribution in [3.63, 3.8) is 0 Å². The fourth-order valence-corrected chi connectivity index (χ4v) is 3.17. The SMILES string of the molecule is CCCn1cc(-n2cc(-c3ccc(OCC4CC4)c(C)c3)cn2)ccc1=O. The second kappa shape index (κ2) is 7.43. The van der Waals surface area contributed by atoms with Gasteiger partial charge in [0.15, 0.2) is 0 Å². The van der Waals surface area contributed by atoms with Crippen LogP contribution in [0.5, 0.6) is 5.75 Å². The van der Waals surface area contributed by atoms with Crippen LogP contribution in [0.25, 0.3) is 16.8 Å². The van der Waals surface area contributed by atoms with Crippen molar-refractivity contribution in [2.75, 3.05) is 6.61 Å². The Kier molecular flexibility index (Phi) is 4.84. The number of hydrogen-bond acceptors (Lipinski definition) is 3. The zero-order valence-electron chi connectivity index (χ0n) is 15.9. The van der Waals surface area contributed by atoms with Crippen molar-refractivity contribution in [3.8, 4) is 22.6 Å². The topological polar surface area (TPSA) is 49.0 Å². The predicted octanol–water partition coefficient (Wildman–Crippen LogP) is 4.21. The lowest BCUT2D eigenvalue weighted by molar-refractivity contribution is 0.298. The Bertz CT molecular complexity index is 999. The minimum absolute atomic E-state index is 0.0189. The Morgan fingerprint density at radius 2 is 2.00 bits per heavy atom. The molecule has 4 rings (SSSR count).